The number of benzene rings is 1. The first-order valence-electron chi connectivity index (χ1n) is 7.42. The number of amides is 1. The molecule has 0 saturated heterocycles. The highest BCUT2D eigenvalue weighted by Gasteiger charge is 2.23. The number of pyridine rings is 1. The minimum absolute atomic E-state index is 0.0549. The van der Waals surface area contributed by atoms with Crippen molar-refractivity contribution in [1.29, 1.82) is 0 Å². The monoisotopic (exact) mass is 378 g/mol. The van der Waals surface area contributed by atoms with Crippen molar-refractivity contribution < 1.29 is 19.2 Å². The number of anilines is 2. The summed E-state index contributed by atoms with van der Waals surface area (Å²) >= 11 is 5.86. The van der Waals surface area contributed by atoms with Crippen molar-refractivity contribution in [3.63, 3.8) is 0 Å². The van der Waals surface area contributed by atoms with Gasteiger partial charge in [0.2, 0.25) is 0 Å². The number of nitrogens with one attached hydrogen (secondary N) is 2. The van der Waals surface area contributed by atoms with Crippen molar-refractivity contribution in [1.82, 2.24) is 4.98 Å². The number of nitrogens with zero attached hydrogens (tertiary/aromatic N) is 2. The maximum Gasteiger partial charge on any atom is 0.341 e. The fraction of sp³-hybridized carbons (Fsp3) is 0.188. The van der Waals surface area contributed by atoms with E-state index in [4.69, 9.17) is 16.3 Å². The average Bonchev–Trinajstić information content (AvgIpc) is 2.62. The second kappa shape index (κ2) is 8.26. The molecule has 9 nitrogen and oxygen atoms in total. The van der Waals surface area contributed by atoms with Gasteiger partial charge < -0.3 is 15.4 Å². The first kappa shape index (κ1) is 19.1. The summed E-state index contributed by atoms with van der Waals surface area (Å²) in [5, 5.41) is 16.2. The molecule has 10 heteroatoms. The number of non-ortho nitro benzene ring substituents is 1. The number of carbonyl (C=O) groups excluding carboxylic acids is 2. The zero-order valence-electron chi connectivity index (χ0n) is 13.9. The quantitative estimate of drug-likeness (QED) is 0.343. The van der Waals surface area contributed by atoms with E-state index in [1.807, 2.05) is 0 Å². The number of esters is 1. The largest absolute Gasteiger partial charge is 0.449 e. The summed E-state index contributed by atoms with van der Waals surface area (Å²) in [6, 6.07) is 6.84. The Balaban J connectivity index is 2.13. The van der Waals surface area contributed by atoms with E-state index in [1.54, 1.807) is 19.2 Å². The smallest absolute Gasteiger partial charge is 0.341 e. The van der Waals surface area contributed by atoms with Gasteiger partial charge in [0.1, 0.15) is 0 Å². The van der Waals surface area contributed by atoms with Crippen LogP contribution in [0.15, 0.2) is 36.5 Å². The van der Waals surface area contributed by atoms with E-state index in [2.05, 4.69) is 15.6 Å². The maximum absolute atomic E-state index is 12.3. The molecule has 0 aliphatic rings. The normalized spacial score (nSPS) is 11.3. The SMILES string of the molecule is CNc1ccc([N+](=O)[O-])cc1C(=O)OC(C)C(=O)Nc1cccnc1Cl. The van der Waals surface area contributed by atoms with Crippen molar-refractivity contribution in [2.45, 2.75) is 13.0 Å². The summed E-state index contributed by atoms with van der Waals surface area (Å²) in [6.45, 7) is 1.37. The number of hydrogen-bond acceptors (Lipinski definition) is 7. The van der Waals surface area contributed by atoms with Gasteiger partial charge in [0.05, 0.1) is 16.2 Å². The van der Waals surface area contributed by atoms with E-state index in [9.17, 15) is 19.7 Å². The summed E-state index contributed by atoms with van der Waals surface area (Å²) in [5.74, 6) is -1.50. The summed E-state index contributed by atoms with van der Waals surface area (Å²) in [7, 11) is 1.55. The highest BCUT2D eigenvalue weighted by atomic mass is 35.5. The van der Waals surface area contributed by atoms with Crippen LogP contribution in [-0.4, -0.2) is 34.9 Å². The fourth-order valence-corrected chi connectivity index (χ4v) is 2.19. The van der Waals surface area contributed by atoms with Gasteiger partial charge in [0.25, 0.3) is 11.6 Å². The molecule has 1 aromatic heterocycles. The zero-order chi connectivity index (χ0) is 19.3. The van der Waals surface area contributed by atoms with Crippen molar-refractivity contribution in [3.05, 3.63) is 57.4 Å². The molecule has 0 fully saturated rings. The Hall–Kier alpha value is -3.20. The van der Waals surface area contributed by atoms with Crippen LogP contribution in [0, 0.1) is 10.1 Å². The third-order valence-electron chi connectivity index (χ3n) is 3.37. The Morgan fingerprint density at radius 1 is 1.31 bits per heavy atom. The Bertz CT molecular complexity index is 858. The number of nitro groups is 1. The molecule has 2 rings (SSSR count). The molecule has 26 heavy (non-hydrogen) atoms. The maximum atomic E-state index is 12.3. The minimum Gasteiger partial charge on any atom is -0.449 e. The van der Waals surface area contributed by atoms with Crippen LogP contribution in [-0.2, 0) is 9.53 Å². The van der Waals surface area contributed by atoms with E-state index in [0.29, 0.717) is 5.69 Å². The van der Waals surface area contributed by atoms with Gasteiger partial charge in [-0.3, -0.25) is 14.9 Å². The number of nitro benzene ring substituents is 1. The molecule has 2 N–H and O–H groups in total. The summed E-state index contributed by atoms with van der Waals surface area (Å²) in [4.78, 5) is 38.6. The van der Waals surface area contributed by atoms with Gasteiger partial charge in [-0.05, 0) is 25.1 Å². The van der Waals surface area contributed by atoms with Crippen molar-refractivity contribution in [3.8, 4) is 0 Å². The summed E-state index contributed by atoms with van der Waals surface area (Å²) in [6.07, 6.45) is 0.297. The predicted octanol–water partition coefficient (Wildman–Crippen LogP) is 2.87. The standard InChI is InChI=1S/C16H15ClN4O5/c1-9(15(22)20-13-4-3-7-19-14(13)17)26-16(23)11-8-10(21(24)25)5-6-12(11)18-2/h3-9,18H,1-2H3,(H,20,22). The minimum atomic E-state index is -1.16. The molecular weight excluding hydrogens is 364 g/mol. The first-order valence-corrected chi connectivity index (χ1v) is 7.79. The predicted molar refractivity (Wildman–Crippen MR) is 95.4 cm³/mol. The van der Waals surface area contributed by atoms with Gasteiger partial charge >= 0.3 is 5.97 Å². The highest BCUT2D eigenvalue weighted by molar-refractivity contribution is 6.32. The molecule has 1 unspecified atom stereocenters. The van der Waals surface area contributed by atoms with Gasteiger partial charge in [-0.25, -0.2) is 9.78 Å². The lowest BCUT2D eigenvalue weighted by atomic mass is 10.1. The second-order valence-electron chi connectivity index (χ2n) is 5.12. The fourth-order valence-electron chi connectivity index (χ4n) is 2.02. The van der Waals surface area contributed by atoms with Gasteiger partial charge in [-0.15, -0.1) is 0 Å². The van der Waals surface area contributed by atoms with Crippen molar-refractivity contribution in [2.75, 3.05) is 17.7 Å². The van der Waals surface area contributed by atoms with Gasteiger partial charge in [0, 0.05) is 31.1 Å². The Labute approximate surface area is 153 Å². The molecule has 0 radical (unpaired) electrons. The number of halogens is 1. The lowest BCUT2D eigenvalue weighted by Gasteiger charge is -2.15. The molecule has 0 aliphatic heterocycles. The Morgan fingerprint density at radius 2 is 2.04 bits per heavy atom. The van der Waals surface area contributed by atoms with Crippen LogP contribution in [0.25, 0.3) is 0 Å². The molecule has 0 saturated carbocycles. The van der Waals surface area contributed by atoms with Crippen molar-refractivity contribution >= 4 is 40.5 Å². The average molecular weight is 379 g/mol. The zero-order valence-corrected chi connectivity index (χ0v) is 14.6. The molecule has 1 aromatic carbocycles. The van der Waals surface area contributed by atoms with Crippen LogP contribution in [0.4, 0.5) is 17.1 Å². The highest BCUT2D eigenvalue weighted by Crippen LogP contribution is 2.23. The van der Waals surface area contributed by atoms with Gasteiger partial charge in [-0.2, -0.15) is 0 Å². The Kier molecular flexibility index (Phi) is 6.07. The molecule has 1 amide bonds. The summed E-state index contributed by atoms with van der Waals surface area (Å²) < 4.78 is 5.11. The number of rotatable bonds is 6. The van der Waals surface area contributed by atoms with Crippen LogP contribution in [0.2, 0.25) is 5.15 Å². The molecule has 2 aromatic rings. The number of aromatic nitrogens is 1. The third kappa shape index (κ3) is 4.45. The van der Waals surface area contributed by atoms with Crippen LogP contribution >= 0.6 is 11.6 Å². The molecule has 136 valence electrons. The van der Waals surface area contributed by atoms with Crippen LogP contribution in [0.1, 0.15) is 17.3 Å². The van der Waals surface area contributed by atoms with E-state index in [-0.39, 0.29) is 22.1 Å². The number of carbonyl (C=O) groups is 2. The first-order chi connectivity index (χ1) is 12.3. The second-order valence-corrected chi connectivity index (χ2v) is 5.47. The number of hydrogen-bond donors (Lipinski definition) is 2. The molecule has 0 spiro atoms. The van der Waals surface area contributed by atoms with Crippen LogP contribution in [0.3, 0.4) is 0 Å². The Morgan fingerprint density at radius 3 is 2.65 bits per heavy atom. The lowest BCUT2D eigenvalue weighted by molar-refractivity contribution is -0.384. The molecule has 0 bridgehead atoms. The van der Waals surface area contributed by atoms with Crippen LogP contribution < -0.4 is 10.6 Å². The van der Waals surface area contributed by atoms with Crippen molar-refractivity contribution in [2.24, 2.45) is 0 Å². The topological polar surface area (TPSA) is 123 Å². The van der Waals surface area contributed by atoms with Gasteiger partial charge in [-0.1, -0.05) is 11.6 Å². The van der Waals surface area contributed by atoms with E-state index < -0.39 is 22.9 Å². The molecule has 1 atom stereocenters. The molecular formula is C16H15ClN4O5. The summed E-state index contributed by atoms with van der Waals surface area (Å²) in [5.41, 5.74) is 0.285. The number of ether oxygens (including phenoxy) is 1. The van der Waals surface area contributed by atoms with Gasteiger partial charge in [0.15, 0.2) is 11.3 Å². The molecule has 0 aliphatic carbocycles. The third-order valence-corrected chi connectivity index (χ3v) is 3.67. The van der Waals surface area contributed by atoms with E-state index >= 15 is 0 Å². The molecule has 1 heterocycles. The van der Waals surface area contributed by atoms with E-state index in [0.717, 1.165) is 6.07 Å². The lowest BCUT2D eigenvalue weighted by Crippen LogP contribution is -2.30. The van der Waals surface area contributed by atoms with Crippen LogP contribution in [0.5, 0.6) is 0 Å². The van der Waals surface area contributed by atoms with E-state index in [1.165, 1.54) is 25.3 Å².